The molecule has 1 aromatic carbocycles. The van der Waals surface area contributed by atoms with E-state index in [4.69, 9.17) is 13.8 Å². The number of aryl methyl sites for hydroxylation is 2. The average Bonchev–Trinajstić information content (AvgIpc) is 3.55. The Morgan fingerprint density at radius 2 is 1.81 bits per heavy atom. The first kappa shape index (κ1) is 18.9. The molecule has 0 spiro atoms. The Hall–Kier alpha value is -4.13. The number of furan rings is 2. The molecule has 0 saturated heterocycles. The Morgan fingerprint density at radius 3 is 2.52 bits per heavy atom. The fourth-order valence-corrected chi connectivity index (χ4v) is 3.76. The van der Waals surface area contributed by atoms with Crippen LogP contribution in [0, 0.1) is 6.92 Å². The summed E-state index contributed by atoms with van der Waals surface area (Å²) in [6, 6.07) is 18.6. The number of nitrogens with zero attached hydrogens (tertiary/aromatic N) is 4. The smallest absolute Gasteiger partial charge is 0.259 e. The number of pyridine rings is 1. The molecule has 0 aliphatic carbocycles. The van der Waals surface area contributed by atoms with Crippen molar-refractivity contribution in [3.05, 3.63) is 90.2 Å². The molecule has 0 aliphatic heterocycles. The minimum Gasteiger partial charge on any atom is -0.467 e. The van der Waals surface area contributed by atoms with E-state index in [1.54, 1.807) is 34.2 Å². The summed E-state index contributed by atoms with van der Waals surface area (Å²) in [5.41, 5.74) is 3.23. The molecule has 7 heteroatoms. The number of rotatable bonds is 5. The van der Waals surface area contributed by atoms with E-state index in [0.717, 1.165) is 16.8 Å². The molecule has 154 valence electrons. The zero-order valence-electron chi connectivity index (χ0n) is 17.1. The zero-order chi connectivity index (χ0) is 21.4. The first-order valence-electron chi connectivity index (χ1n) is 9.89. The average molecular weight is 412 g/mol. The molecule has 0 bridgehead atoms. The van der Waals surface area contributed by atoms with Gasteiger partial charge in [-0.25, -0.2) is 4.98 Å². The van der Waals surface area contributed by atoms with Crippen molar-refractivity contribution in [3.63, 3.8) is 0 Å². The molecule has 31 heavy (non-hydrogen) atoms. The third-order valence-corrected chi connectivity index (χ3v) is 5.18. The summed E-state index contributed by atoms with van der Waals surface area (Å²) >= 11 is 0. The van der Waals surface area contributed by atoms with E-state index < -0.39 is 0 Å². The van der Waals surface area contributed by atoms with Gasteiger partial charge in [-0.05, 0) is 49.4 Å². The molecular formula is C24H20N4O3. The Bertz CT molecular complexity index is 1340. The van der Waals surface area contributed by atoms with Crippen LogP contribution in [-0.2, 0) is 13.6 Å². The number of hydrogen-bond acceptors (Lipinski definition) is 5. The summed E-state index contributed by atoms with van der Waals surface area (Å²) in [6.07, 6.45) is 3.19. The molecule has 7 nitrogen and oxygen atoms in total. The van der Waals surface area contributed by atoms with Gasteiger partial charge in [0.2, 0.25) is 0 Å². The lowest BCUT2D eigenvalue weighted by atomic mass is 10.1. The minimum absolute atomic E-state index is 0.168. The summed E-state index contributed by atoms with van der Waals surface area (Å²) in [5.74, 6) is 1.11. The van der Waals surface area contributed by atoms with Gasteiger partial charge in [0.15, 0.2) is 11.4 Å². The maximum Gasteiger partial charge on any atom is 0.259 e. The molecule has 0 N–H and O–H groups in total. The molecule has 0 radical (unpaired) electrons. The van der Waals surface area contributed by atoms with Gasteiger partial charge in [-0.2, -0.15) is 5.10 Å². The third-order valence-electron chi connectivity index (χ3n) is 5.18. The van der Waals surface area contributed by atoms with Crippen LogP contribution in [0.1, 0.15) is 21.8 Å². The highest BCUT2D eigenvalue weighted by Gasteiger charge is 2.25. The van der Waals surface area contributed by atoms with Gasteiger partial charge in [0.1, 0.15) is 11.5 Å². The number of benzene rings is 1. The van der Waals surface area contributed by atoms with Crippen LogP contribution in [0.3, 0.4) is 0 Å². The van der Waals surface area contributed by atoms with E-state index in [9.17, 15) is 4.79 Å². The number of carbonyl (C=O) groups is 1. The van der Waals surface area contributed by atoms with Crippen molar-refractivity contribution >= 4 is 22.6 Å². The molecule has 5 rings (SSSR count). The molecule has 5 aromatic rings. The molecule has 0 aliphatic rings. The van der Waals surface area contributed by atoms with E-state index in [1.807, 2.05) is 62.5 Å². The molecule has 4 heterocycles. The van der Waals surface area contributed by atoms with Crippen molar-refractivity contribution in [2.75, 3.05) is 4.90 Å². The minimum atomic E-state index is -0.168. The van der Waals surface area contributed by atoms with Crippen molar-refractivity contribution < 1.29 is 13.6 Å². The number of fused-ring (bicyclic) bond motifs is 1. The highest BCUT2D eigenvalue weighted by atomic mass is 16.3. The predicted molar refractivity (Wildman–Crippen MR) is 117 cm³/mol. The van der Waals surface area contributed by atoms with Gasteiger partial charge in [0.25, 0.3) is 5.91 Å². The lowest BCUT2D eigenvalue weighted by Crippen LogP contribution is -2.30. The van der Waals surface area contributed by atoms with Gasteiger partial charge in [-0.15, -0.1) is 0 Å². The lowest BCUT2D eigenvalue weighted by Gasteiger charge is -2.22. The molecule has 0 saturated carbocycles. The van der Waals surface area contributed by atoms with E-state index in [1.165, 1.54) is 0 Å². The van der Waals surface area contributed by atoms with E-state index in [-0.39, 0.29) is 5.91 Å². The Kier molecular flexibility index (Phi) is 4.63. The normalized spacial score (nSPS) is 11.2. The highest BCUT2D eigenvalue weighted by Crippen LogP contribution is 2.30. The van der Waals surface area contributed by atoms with Crippen molar-refractivity contribution in [1.82, 2.24) is 14.8 Å². The van der Waals surface area contributed by atoms with E-state index in [2.05, 4.69) is 5.10 Å². The summed E-state index contributed by atoms with van der Waals surface area (Å²) in [6.45, 7) is 2.18. The number of hydrogen-bond donors (Lipinski definition) is 0. The Labute approximate surface area is 178 Å². The standard InChI is InChI=1S/C24H20N4O3/c1-16-22-19(14-20(21-11-7-13-31-21)25-23(22)27(2)26-16)24(29)28(15-18-10-6-12-30-18)17-8-4-3-5-9-17/h3-14H,15H2,1-2H3. The first-order valence-corrected chi connectivity index (χ1v) is 9.89. The van der Waals surface area contributed by atoms with E-state index >= 15 is 0 Å². The topological polar surface area (TPSA) is 77.3 Å². The van der Waals surface area contributed by atoms with Gasteiger partial charge in [0, 0.05) is 12.7 Å². The van der Waals surface area contributed by atoms with Crippen LogP contribution in [0.4, 0.5) is 5.69 Å². The number of anilines is 1. The Balaban J connectivity index is 1.69. The summed E-state index contributed by atoms with van der Waals surface area (Å²) in [4.78, 5) is 20.4. The van der Waals surface area contributed by atoms with Crippen LogP contribution >= 0.6 is 0 Å². The second-order valence-electron chi connectivity index (χ2n) is 7.25. The van der Waals surface area contributed by atoms with Crippen LogP contribution < -0.4 is 4.90 Å². The fourth-order valence-electron chi connectivity index (χ4n) is 3.76. The largest absolute Gasteiger partial charge is 0.467 e. The molecule has 1 amide bonds. The van der Waals surface area contributed by atoms with Gasteiger partial charge in [-0.3, -0.25) is 9.48 Å². The third kappa shape index (κ3) is 3.40. The number of carbonyl (C=O) groups excluding carboxylic acids is 1. The van der Waals surface area contributed by atoms with Crippen LogP contribution in [0.15, 0.2) is 82.0 Å². The monoisotopic (exact) mass is 412 g/mol. The highest BCUT2D eigenvalue weighted by molar-refractivity contribution is 6.14. The summed E-state index contributed by atoms with van der Waals surface area (Å²) in [7, 11) is 1.82. The van der Waals surface area contributed by atoms with Gasteiger partial charge < -0.3 is 13.7 Å². The van der Waals surface area contributed by atoms with Gasteiger partial charge in [0.05, 0.1) is 35.7 Å². The van der Waals surface area contributed by atoms with Crippen molar-refractivity contribution in [2.24, 2.45) is 7.05 Å². The van der Waals surface area contributed by atoms with Crippen LogP contribution in [-0.4, -0.2) is 20.7 Å². The molecular weight excluding hydrogens is 392 g/mol. The van der Waals surface area contributed by atoms with Crippen molar-refractivity contribution in [3.8, 4) is 11.5 Å². The maximum atomic E-state index is 14.0. The maximum absolute atomic E-state index is 14.0. The molecule has 0 fully saturated rings. The summed E-state index contributed by atoms with van der Waals surface area (Å²) < 4.78 is 12.8. The Morgan fingerprint density at radius 1 is 1.03 bits per heavy atom. The van der Waals surface area contributed by atoms with Crippen molar-refractivity contribution in [2.45, 2.75) is 13.5 Å². The second-order valence-corrected chi connectivity index (χ2v) is 7.25. The zero-order valence-corrected chi connectivity index (χ0v) is 17.1. The fraction of sp³-hybridized carbons (Fsp3) is 0.125. The lowest BCUT2D eigenvalue weighted by molar-refractivity contribution is 0.0984. The first-order chi connectivity index (χ1) is 15.1. The molecule has 4 aromatic heterocycles. The number of para-hydroxylation sites is 1. The van der Waals surface area contributed by atoms with Crippen LogP contribution in [0.25, 0.3) is 22.5 Å². The molecule has 0 unspecified atom stereocenters. The van der Waals surface area contributed by atoms with Crippen molar-refractivity contribution in [1.29, 1.82) is 0 Å². The van der Waals surface area contributed by atoms with Gasteiger partial charge in [-0.1, -0.05) is 18.2 Å². The SMILES string of the molecule is Cc1nn(C)c2nc(-c3ccco3)cc(C(=O)N(Cc3ccco3)c3ccccc3)c12. The number of aromatic nitrogens is 3. The molecule has 0 atom stereocenters. The quantitative estimate of drug-likeness (QED) is 0.407. The van der Waals surface area contributed by atoms with Crippen LogP contribution in [0.2, 0.25) is 0 Å². The second kappa shape index (κ2) is 7.60. The summed E-state index contributed by atoms with van der Waals surface area (Å²) in [5, 5.41) is 5.22. The van der Waals surface area contributed by atoms with Gasteiger partial charge >= 0.3 is 0 Å². The predicted octanol–water partition coefficient (Wildman–Crippen LogP) is 4.98. The van der Waals surface area contributed by atoms with E-state index in [0.29, 0.717) is 35.0 Å². The van der Waals surface area contributed by atoms with Crippen LogP contribution in [0.5, 0.6) is 0 Å². The number of amides is 1.